The Morgan fingerprint density at radius 1 is 1.23 bits per heavy atom. The summed E-state index contributed by atoms with van der Waals surface area (Å²) in [6.45, 7) is 5.49. The van der Waals surface area contributed by atoms with Gasteiger partial charge in [-0.05, 0) is 31.9 Å². The number of nitrogens with two attached hydrogens (primary N) is 1. The van der Waals surface area contributed by atoms with Gasteiger partial charge in [-0.15, -0.1) is 0 Å². The molecule has 1 aromatic rings. The molecule has 3 N–H and O–H groups in total. The third-order valence-corrected chi connectivity index (χ3v) is 2.14. The van der Waals surface area contributed by atoms with Crippen LogP contribution < -0.4 is 5.73 Å². The molecule has 2 heteroatoms. The molecule has 13 heavy (non-hydrogen) atoms. The zero-order chi connectivity index (χ0) is 10.1. The molecule has 0 aliphatic carbocycles. The van der Waals surface area contributed by atoms with Crippen LogP contribution in [0.5, 0.6) is 0 Å². The Morgan fingerprint density at radius 3 is 2.00 bits per heavy atom. The Hall–Kier alpha value is -0.860. The molecule has 1 aromatic carbocycles. The van der Waals surface area contributed by atoms with E-state index < -0.39 is 5.60 Å². The summed E-state index contributed by atoms with van der Waals surface area (Å²) in [6, 6.07) is 7.80. The monoisotopic (exact) mass is 179 g/mol. The molecule has 0 amide bonds. The fourth-order valence-corrected chi connectivity index (χ4v) is 1.19. The summed E-state index contributed by atoms with van der Waals surface area (Å²) in [4.78, 5) is 0. The van der Waals surface area contributed by atoms with Crippen molar-refractivity contribution in [2.75, 3.05) is 0 Å². The third-order valence-electron chi connectivity index (χ3n) is 2.14. The van der Waals surface area contributed by atoms with Crippen LogP contribution in [0.15, 0.2) is 24.3 Å². The fourth-order valence-electron chi connectivity index (χ4n) is 1.19. The fraction of sp³-hybridized carbons (Fsp3) is 0.455. The number of hydrogen-bond acceptors (Lipinski definition) is 2. The molecule has 0 heterocycles. The van der Waals surface area contributed by atoms with E-state index in [9.17, 15) is 5.11 Å². The molecule has 0 saturated carbocycles. The third kappa shape index (κ3) is 2.54. The van der Waals surface area contributed by atoms with Gasteiger partial charge >= 0.3 is 0 Å². The summed E-state index contributed by atoms with van der Waals surface area (Å²) < 4.78 is 0. The van der Waals surface area contributed by atoms with Gasteiger partial charge in [-0.3, -0.25) is 0 Å². The second-order valence-corrected chi connectivity index (χ2v) is 3.97. The molecule has 0 fully saturated rings. The van der Waals surface area contributed by atoms with Crippen molar-refractivity contribution in [3.8, 4) is 0 Å². The molecule has 72 valence electrons. The molecule has 0 aliphatic heterocycles. The number of hydrogen-bond donors (Lipinski definition) is 2. The Morgan fingerprint density at radius 2 is 1.69 bits per heavy atom. The molecule has 0 spiro atoms. The first-order valence-corrected chi connectivity index (χ1v) is 4.49. The predicted molar refractivity (Wildman–Crippen MR) is 54.3 cm³/mol. The minimum absolute atomic E-state index is 0.0517. The Bertz CT molecular complexity index is 269. The summed E-state index contributed by atoms with van der Waals surface area (Å²) in [5.41, 5.74) is 6.95. The van der Waals surface area contributed by atoms with Crippen molar-refractivity contribution in [2.45, 2.75) is 32.4 Å². The smallest absolute Gasteiger partial charge is 0.0840 e. The maximum Gasteiger partial charge on any atom is 0.0840 e. The lowest BCUT2D eigenvalue weighted by Crippen LogP contribution is -2.15. The van der Waals surface area contributed by atoms with E-state index in [1.54, 1.807) is 13.8 Å². The summed E-state index contributed by atoms with van der Waals surface area (Å²) in [5.74, 6) is 0. The summed E-state index contributed by atoms with van der Waals surface area (Å²) in [6.07, 6.45) is 0. The van der Waals surface area contributed by atoms with Crippen molar-refractivity contribution in [1.29, 1.82) is 0 Å². The summed E-state index contributed by atoms with van der Waals surface area (Å²) >= 11 is 0. The standard InChI is InChI=1S/C11H17NO/c1-8(12)9-4-6-10(7-5-9)11(2,3)13/h4-8,13H,12H2,1-3H3/t8-/m0/s1. The molecule has 1 rings (SSSR count). The van der Waals surface area contributed by atoms with Crippen molar-refractivity contribution >= 4 is 0 Å². The molecular formula is C11H17NO. The molecule has 0 saturated heterocycles. The first-order chi connectivity index (χ1) is 5.91. The number of aliphatic hydroxyl groups is 1. The van der Waals surface area contributed by atoms with Crippen molar-refractivity contribution in [3.05, 3.63) is 35.4 Å². The van der Waals surface area contributed by atoms with Crippen LogP contribution in [-0.2, 0) is 5.60 Å². The van der Waals surface area contributed by atoms with Gasteiger partial charge < -0.3 is 10.8 Å². The van der Waals surface area contributed by atoms with Crippen molar-refractivity contribution in [1.82, 2.24) is 0 Å². The van der Waals surface area contributed by atoms with Crippen molar-refractivity contribution in [2.24, 2.45) is 5.73 Å². The molecule has 0 bridgehead atoms. The minimum Gasteiger partial charge on any atom is -0.386 e. The van der Waals surface area contributed by atoms with Gasteiger partial charge in [-0.2, -0.15) is 0 Å². The lowest BCUT2D eigenvalue weighted by Gasteiger charge is -2.18. The van der Waals surface area contributed by atoms with E-state index in [0.717, 1.165) is 11.1 Å². The molecule has 1 atom stereocenters. The zero-order valence-electron chi connectivity index (χ0n) is 8.41. The van der Waals surface area contributed by atoms with E-state index in [0.29, 0.717) is 0 Å². The van der Waals surface area contributed by atoms with E-state index in [4.69, 9.17) is 5.73 Å². The van der Waals surface area contributed by atoms with E-state index >= 15 is 0 Å². The van der Waals surface area contributed by atoms with Crippen LogP contribution in [0.4, 0.5) is 0 Å². The van der Waals surface area contributed by atoms with Crippen LogP contribution in [0.3, 0.4) is 0 Å². The lowest BCUT2D eigenvalue weighted by atomic mass is 9.96. The zero-order valence-corrected chi connectivity index (χ0v) is 8.41. The predicted octanol–water partition coefficient (Wildman–Crippen LogP) is 1.93. The normalized spacial score (nSPS) is 14.2. The first kappa shape index (κ1) is 10.2. The lowest BCUT2D eigenvalue weighted by molar-refractivity contribution is 0.0786. The number of rotatable bonds is 2. The van der Waals surface area contributed by atoms with E-state index in [1.165, 1.54) is 0 Å². The van der Waals surface area contributed by atoms with Gasteiger partial charge in [-0.25, -0.2) is 0 Å². The van der Waals surface area contributed by atoms with Gasteiger partial charge in [-0.1, -0.05) is 24.3 Å². The van der Waals surface area contributed by atoms with Crippen LogP contribution in [-0.4, -0.2) is 5.11 Å². The maximum absolute atomic E-state index is 9.69. The van der Waals surface area contributed by atoms with Crippen LogP contribution in [0.1, 0.15) is 37.9 Å². The quantitative estimate of drug-likeness (QED) is 0.728. The van der Waals surface area contributed by atoms with Gasteiger partial charge in [0.2, 0.25) is 0 Å². The average molecular weight is 179 g/mol. The van der Waals surface area contributed by atoms with Gasteiger partial charge in [0.1, 0.15) is 0 Å². The van der Waals surface area contributed by atoms with Crippen LogP contribution >= 0.6 is 0 Å². The molecule has 0 unspecified atom stereocenters. The van der Waals surface area contributed by atoms with Crippen LogP contribution in [0, 0.1) is 0 Å². The molecule has 0 aliphatic rings. The minimum atomic E-state index is -0.767. The summed E-state index contributed by atoms with van der Waals surface area (Å²) in [5, 5.41) is 9.69. The molecule has 0 radical (unpaired) electrons. The van der Waals surface area contributed by atoms with E-state index in [1.807, 2.05) is 31.2 Å². The van der Waals surface area contributed by atoms with Gasteiger partial charge in [0.25, 0.3) is 0 Å². The highest BCUT2D eigenvalue weighted by molar-refractivity contribution is 5.27. The highest BCUT2D eigenvalue weighted by Crippen LogP contribution is 2.21. The Labute approximate surface area is 79.4 Å². The second kappa shape index (κ2) is 3.48. The maximum atomic E-state index is 9.69. The van der Waals surface area contributed by atoms with E-state index in [-0.39, 0.29) is 6.04 Å². The molecule has 0 aromatic heterocycles. The SMILES string of the molecule is C[C@H](N)c1ccc(C(C)(C)O)cc1. The average Bonchev–Trinajstić information content (AvgIpc) is 2.03. The van der Waals surface area contributed by atoms with Gasteiger partial charge in [0.05, 0.1) is 5.60 Å². The van der Waals surface area contributed by atoms with Crippen molar-refractivity contribution < 1.29 is 5.11 Å². The molecular weight excluding hydrogens is 162 g/mol. The van der Waals surface area contributed by atoms with Crippen molar-refractivity contribution in [3.63, 3.8) is 0 Å². The largest absolute Gasteiger partial charge is 0.386 e. The molecule has 2 nitrogen and oxygen atoms in total. The van der Waals surface area contributed by atoms with Gasteiger partial charge in [0, 0.05) is 6.04 Å². The summed E-state index contributed by atoms with van der Waals surface area (Å²) in [7, 11) is 0. The van der Waals surface area contributed by atoms with Crippen LogP contribution in [0.2, 0.25) is 0 Å². The highest BCUT2D eigenvalue weighted by Gasteiger charge is 2.15. The topological polar surface area (TPSA) is 46.2 Å². The Balaban J connectivity index is 2.94. The Kier molecular flexibility index (Phi) is 2.74. The van der Waals surface area contributed by atoms with Gasteiger partial charge in [0.15, 0.2) is 0 Å². The second-order valence-electron chi connectivity index (χ2n) is 3.97. The van der Waals surface area contributed by atoms with E-state index in [2.05, 4.69) is 0 Å². The first-order valence-electron chi connectivity index (χ1n) is 4.49. The highest BCUT2D eigenvalue weighted by atomic mass is 16.3. The van der Waals surface area contributed by atoms with Crippen LogP contribution in [0.25, 0.3) is 0 Å². The number of benzene rings is 1.